The third kappa shape index (κ3) is 2.50. The van der Waals surface area contributed by atoms with Gasteiger partial charge in [0.1, 0.15) is 11.5 Å². The zero-order chi connectivity index (χ0) is 13.2. The number of aliphatic imine (C=N–C) groups is 1. The normalized spacial score (nSPS) is 14.5. The molecule has 0 bridgehead atoms. The SMILES string of the molecule is Cc1cc(C)c2cc(OC3=CC=NCC3)ccc2n1. The van der Waals surface area contributed by atoms with Gasteiger partial charge in [-0.05, 0) is 49.8 Å². The standard InChI is InChI=1S/C16H16N2O/c1-11-9-12(2)18-16-4-3-14(10-15(11)16)19-13-5-7-17-8-6-13/h3-5,7,9-10H,6,8H2,1-2H3. The van der Waals surface area contributed by atoms with Gasteiger partial charge >= 0.3 is 0 Å². The largest absolute Gasteiger partial charge is 0.462 e. The predicted molar refractivity (Wildman–Crippen MR) is 77.9 cm³/mol. The number of hydrogen-bond acceptors (Lipinski definition) is 3. The summed E-state index contributed by atoms with van der Waals surface area (Å²) < 4.78 is 5.89. The molecule has 96 valence electrons. The number of dihydropyridines is 1. The molecular weight excluding hydrogens is 236 g/mol. The molecule has 0 aliphatic carbocycles. The molecule has 1 aromatic carbocycles. The van der Waals surface area contributed by atoms with Gasteiger partial charge in [0.25, 0.3) is 0 Å². The molecular formula is C16H16N2O. The van der Waals surface area contributed by atoms with Crippen LogP contribution in [0.2, 0.25) is 0 Å². The Morgan fingerprint density at radius 2 is 2.05 bits per heavy atom. The molecule has 0 fully saturated rings. The van der Waals surface area contributed by atoms with Gasteiger partial charge in [-0.3, -0.25) is 9.98 Å². The lowest BCUT2D eigenvalue weighted by Crippen LogP contribution is -2.02. The van der Waals surface area contributed by atoms with Crippen LogP contribution in [0.4, 0.5) is 0 Å². The Kier molecular flexibility index (Phi) is 3.03. The molecule has 0 radical (unpaired) electrons. The second-order valence-electron chi connectivity index (χ2n) is 4.80. The fourth-order valence-electron chi connectivity index (χ4n) is 2.31. The lowest BCUT2D eigenvalue weighted by atomic mass is 10.1. The average molecular weight is 252 g/mol. The van der Waals surface area contributed by atoms with Gasteiger partial charge in [0, 0.05) is 30.3 Å². The van der Waals surface area contributed by atoms with E-state index < -0.39 is 0 Å². The first-order valence-corrected chi connectivity index (χ1v) is 6.47. The van der Waals surface area contributed by atoms with E-state index >= 15 is 0 Å². The fourth-order valence-corrected chi connectivity index (χ4v) is 2.31. The minimum atomic E-state index is 0.805. The van der Waals surface area contributed by atoms with Crippen LogP contribution in [0.25, 0.3) is 10.9 Å². The van der Waals surface area contributed by atoms with Crippen LogP contribution >= 0.6 is 0 Å². The number of allylic oxidation sites excluding steroid dienone is 1. The molecule has 1 aliphatic rings. The average Bonchev–Trinajstić information content (AvgIpc) is 2.40. The van der Waals surface area contributed by atoms with Crippen molar-refractivity contribution in [3.63, 3.8) is 0 Å². The Balaban J connectivity index is 1.97. The molecule has 19 heavy (non-hydrogen) atoms. The van der Waals surface area contributed by atoms with E-state index in [1.54, 1.807) is 6.21 Å². The first kappa shape index (κ1) is 11.9. The van der Waals surface area contributed by atoms with E-state index in [4.69, 9.17) is 4.74 Å². The summed E-state index contributed by atoms with van der Waals surface area (Å²) in [6, 6.07) is 8.14. The Morgan fingerprint density at radius 1 is 1.16 bits per heavy atom. The Labute approximate surface area is 112 Å². The Morgan fingerprint density at radius 3 is 2.84 bits per heavy atom. The summed E-state index contributed by atoms with van der Waals surface area (Å²) >= 11 is 0. The lowest BCUT2D eigenvalue weighted by molar-refractivity contribution is 0.405. The molecule has 0 atom stereocenters. The zero-order valence-electron chi connectivity index (χ0n) is 11.2. The summed E-state index contributed by atoms with van der Waals surface area (Å²) in [5.41, 5.74) is 3.29. The molecule has 3 rings (SSSR count). The van der Waals surface area contributed by atoms with E-state index in [9.17, 15) is 0 Å². The van der Waals surface area contributed by atoms with E-state index in [1.165, 1.54) is 5.56 Å². The minimum Gasteiger partial charge on any atom is -0.462 e. The number of benzene rings is 1. The van der Waals surface area contributed by atoms with Gasteiger partial charge in [0.15, 0.2) is 0 Å². The first-order chi connectivity index (χ1) is 9.22. The van der Waals surface area contributed by atoms with Crippen molar-refractivity contribution in [1.82, 2.24) is 4.98 Å². The Hall–Kier alpha value is -2.16. The van der Waals surface area contributed by atoms with Gasteiger partial charge in [0.05, 0.1) is 5.52 Å². The van der Waals surface area contributed by atoms with E-state index in [0.29, 0.717) is 0 Å². The number of hydrogen-bond donors (Lipinski definition) is 0. The zero-order valence-corrected chi connectivity index (χ0v) is 11.2. The number of rotatable bonds is 2. The maximum Gasteiger partial charge on any atom is 0.127 e. The number of nitrogens with zero attached hydrogens (tertiary/aromatic N) is 2. The van der Waals surface area contributed by atoms with Crippen molar-refractivity contribution in [2.75, 3.05) is 6.54 Å². The Bertz CT molecular complexity index is 686. The lowest BCUT2D eigenvalue weighted by Gasteiger charge is -2.12. The van der Waals surface area contributed by atoms with Crippen molar-refractivity contribution in [2.45, 2.75) is 20.3 Å². The van der Waals surface area contributed by atoms with Crippen molar-refractivity contribution < 1.29 is 4.74 Å². The highest BCUT2D eigenvalue weighted by Crippen LogP contribution is 2.25. The molecule has 3 nitrogen and oxygen atoms in total. The monoisotopic (exact) mass is 252 g/mol. The molecule has 0 amide bonds. The second-order valence-corrected chi connectivity index (χ2v) is 4.80. The molecule has 3 heteroatoms. The van der Waals surface area contributed by atoms with Crippen molar-refractivity contribution in [1.29, 1.82) is 0 Å². The van der Waals surface area contributed by atoms with E-state index in [0.717, 1.165) is 41.1 Å². The van der Waals surface area contributed by atoms with Crippen molar-refractivity contribution in [3.8, 4) is 5.75 Å². The van der Waals surface area contributed by atoms with Crippen molar-refractivity contribution >= 4 is 17.1 Å². The number of pyridine rings is 1. The van der Waals surface area contributed by atoms with Crippen LogP contribution in [0.5, 0.6) is 5.75 Å². The summed E-state index contributed by atoms with van der Waals surface area (Å²) in [5, 5.41) is 1.15. The van der Waals surface area contributed by atoms with Crippen LogP contribution in [0.15, 0.2) is 41.1 Å². The van der Waals surface area contributed by atoms with Gasteiger partial charge in [-0.15, -0.1) is 0 Å². The number of fused-ring (bicyclic) bond motifs is 1. The quantitative estimate of drug-likeness (QED) is 0.818. The van der Waals surface area contributed by atoms with E-state index in [2.05, 4.69) is 29.0 Å². The second kappa shape index (κ2) is 4.84. The molecule has 0 unspecified atom stereocenters. The molecule has 2 heterocycles. The van der Waals surface area contributed by atoms with Crippen LogP contribution in [0.1, 0.15) is 17.7 Å². The molecule has 0 saturated heterocycles. The highest BCUT2D eigenvalue weighted by Gasteiger charge is 2.06. The molecule has 0 N–H and O–H groups in total. The highest BCUT2D eigenvalue weighted by atomic mass is 16.5. The van der Waals surface area contributed by atoms with Gasteiger partial charge in [-0.2, -0.15) is 0 Å². The molecule has 1 aromatic heterocycles. The molecule has 0 saturated carbocycles. The summed E-state index contributed by atoms with van der Waals surface area (Å²) in [5.74, 6) is 1.83. The van der Waals surface area contributed by atoms with Crippen molar-refractivity contribution in [3.05, 3.63) is 47.4 Å². The van der Waals surface area contributed by atoms with E-state index in [-0.39, 0.29) is 0 Å². The van der Waals surface area contributed by atoms with Crippen LogP contribution in [-0.4, -0.2) is 17.7 Å². The van der Waals surface area contributed by atoms with Gasteiger partial charge in [-0.1, -0.05) is 0 Å². The molecule has 2 aromatic rings. The highest BCUT2D eigenvalue weighted by molar-refractivity contribution is 5.83. The first-order valence-electron chi connectivity index (χ1n) is 6.47. The third-order valence-corrected chi connectivity index (χ3v) is 3.22. The van der Waals surface area contributed by atoms with Crippen molar-refractivity contribution in [2.24, 2.45) is 4.99 Å². The summed E-state index contributed by atoms with van der Waals surface area (Å²) in [6.45, 7) is 4.93. The van der Waals surface area contributed by atoms with Crippen LogP contribution < -0.4 is 4.74 Å². The fraction of sp³-hybridized carbons (Fsp3) is 0.250. The molecule has 1 aliphatic heterocycles. The number of ether oxygens (including phenoxy) is 1. The third-order valence-electron chi connectivity index (χ3n) is 3.22. The predicted octanol–water partition coefficient (Wildman–Crippen LogP) is 3.59. The topological polar surface area (TPSA) is 34.5 Å². The minimum absolute atomic E-state index is 0.805. The summed E-state index contributed by atoms with van der Waals surface area (Å²) in [4.78, 5) is 8.68. The summed E-state index contributed by atoms with van der Waals surface area (Å²) in [6.07, 6.45) is 4.59. The van der Waals surface area contributed by atoms with Crippen LogP contribution in [-0.2, 0) is 0 Å². The van der Waals surface area contributed by atoms with Gasteiger partial charge < -0.3 is 4.74 Å². The summed E-state index contributed by atoms with van der Waals surface area (Å²) in [7, 11) is 0. The molecule has 0 spiro atoms. The maximum absolute atomic E-state index is 5.89. The smallest absolute Gasteiger partial charge is 0.127 e. The number of aromatic nitrogens is 1. The van der Waals surface area contributed by atoms with Crippen LogP contribution in [0.3, 0.4) is 0 Å². The maximum atomic E-state index is 5.89. The van der Waals surface area contributed by atoms with Crippen LogP contribution in [0, 0.1) is 13.8 Å². The van der Waals surface area contributed by atoms with Gasteiger partial charge in [0.2, 0.25) is 0 Å². The van der Waals surface area contributed by atoms with E-state index in [1.807, 2.05) is 25.1 Å². The number of aryl methyl sites for hydroxylation is 2. The van der Waals surface area contributed by atoms with Gasteiger partial charge in [-0.25, -0.2) is 0 Å².